The molecule has 0 heterocycles. The number of carbonyl (C=O) groups is 1. The van der Waals surface area contributed by atoms with Gasteiger partial charge in [-0.05, 0) is 53.6 Å². The number of nitrogen functional groups attached to an aromatic ring is 1. The number of rotatable bonds is 10. The standard InChI is InChI=1S/C28H30N2O7/c1-33-22-14-17(7-11-20(22)29)8-13-25(32)30-26-19(10-12-21(31)27(26)36-4)9-6-18-15-23(34-2)28(37-5)24(16-18)35-3/h6-16,31H,29H2,1-5H3,(H,30,32)/b9-6+,13-8+. The summed E-state index contributed by atoms with van der Waals surface area (Å²) >= 11 is 0. The van der Waals surface area contributed by atoms with Gasteiger partial charge in [0.1, 0.15) is 5.75 Å². The highest BCUT2D eigenvalue weighted by molar-refractivity contribution is 6.04. The minimum atomic E-state index is -0.429. The molecule has 0 radical (unpaired) electrons. The minimum Gasteiger partial charge on any atom is -0.504 e. The summed E-state index contributed by atoms with van der Waals surface area (Å²) in [4.78, 5) is 12.8. The van der Waals surface area contributed by atoms with Crippen LogP contribution in [0.25, 0.3) is 18.2 Å². The summed E-state index contributed by atoms with van der Waals surface area (Å²) in [5, 5.41) is 13.1. The second-order valence-electron chi connectivity index (χ2n) is 7.70. The molecule has 3 aromatic rings. The molecular formula is C28H30N2O7. The number of methoxy groups -OCH3 is 5. The maximum atomic E-state index is 12.8. The van der Waals surface area contributed by atoms with Gasteiger partial charge in [-0.1, -0.05) is 18.2 Å². The topological polar surface area (TPSA) is 122 Å². The van der Waals surface area contributed by atoms with Crippen molar-refractivity contribution in [3.63, 3.8) is 0 Å². The van der Waals surface area contributed by atoms with Crippen LogP contribution in [-0.4, -0.2) is 46.6 Å². The molecule has 0 atom stereocenters. The van der Waals surface area contributed by atoms with Gasteiger partial charge in [0.25, 0.3) is 0 Å². The third-order valence-corrected chi connectivity index (χ3v) is 5.45. The zero-order valence-corrected chi connectivity index (χ0v) is 21.3. The van der Waals surface area contributed by atoms with Crippen molar-refractivity contribution in [3.05, 3.63) is 65.2 Å². The molecule has 37 heavy (non-hydrogen) atoms. The minimum absolute atomic E-state index is 0.116. The predicted octanol–water partition coefficient (Wildman–Crippen LogP) is 4.84. The number of benzene rings is 3. The van der Waals surface area contributed by atoms with Crippen LogP contribution in [0.1, 0.15) is 16.7 Å². The molecule has 4 N–H and O–H groups in total. The van der Waals surface area contributed by atoms with Crippen molar-refractivity contribution < 1.29 is 33.6 Å². The van der Waals surface area contributed by atoms with E-state index in [0.29, 0.717) is 39.9 Å². The number of amides is 1. The maximum absolute atomic E-state index is 12.8. The first-order chi connectivity index (χ1) is 17.8. The van der Waals surface area contributed by atoms with Crippen LogP contribution in [0.2, 0.25) is 0 Å². The second kappa shape index (κ2) is 12.3. The van der Waals surface area contributed by atoms with E-state index in [4.69, 9.17) is 29.4 Å². The summed E-state index contributed by atoms with van der Waals surface area (Å²) in [7, 11) is 7.54. The Balaban J connectivity index is 1.93. The van der Waals surface area contributed by atoms with Crippen LogP contribution < -0.4 is 34.7 Å². The number of hydrogen-bond donors (Lipinski definition) is 3. The molecule has 9 nitrogen and oxygen atoms in total. The van der Waals surface area contributed by atoms with Crippen LogP contribution in [0.4, 0.5) is 11.4 Å². The second-order valence-corrected chi connectivity index (χ2v) is 7.70. The first-order valence-electron chi connectivity index (χ1n) is 11.2. The Kier molecular flexibility index (Phi) is 8.88. The fourth-order valence-electron chi connectivity index (χ4n) is 3.61. The number of hydrogen-bond acceptors (Lipinski definition) is 8. The number of carbonyl (C=O) groups excluding carboxylic acids is 1. The third-order valence-electron chi connectivity index (χ3n) is 5.45. The Morgan fingerprint density at radius 2 is 1.38 bits per heavy atom. The first kappa shape index (κ1) is 26.8. The molecule has 3 rings (SSSR count). The SMILES string of the molecule is COc1cc(/C=C/C(=O)Nc2c(/C=C/c3cc(OC)c(OC)c(OC)c3)ccc(O)c2OC)ccc1N. The molecule has 0 saturated carbocycles. The van der Waals surface area contributed by atoms with Crippen LogP contribution in [0.3, 0.4) is 0 Å². The van der Waals surface area contributed by atoms with E-state index in [0.717, 1.165) is 11.1 Å². The zero-order valence-electron chi connectivity index (χ0n) is 21.3. The summed E-state index contributed by atoms with van der Waals surface area (Å²) in [6, 6.07) is 11.9. The molecule has 9 heteroatoms. The lowest BCUT2D eigenvalue weighted by molar-refractivity contribution is -0.111. The van der Waals surface area contributed by atoms with E-state index in [-0.39, 0.29) is 11.5 Å². The van der Waals surface area contributed by atoms with Crippen molar-refractivity contribution in [2.45, 2.75) is 0 Å². The molecule has 0 aliphatic heterocycles. The fraction of sp³-hybridized carbons (Fsp3) is 0.179. The summed E-state index contributed by atoms with van der Waals surface area (Å²) in [5.74, 6) is 1.58. The molecule has 0 spiro atoms. The van der Waals surface area contributed by atoms with E-state index in [1.807, 2.05) is 6.08 Å². The lowest BCUT2D eigenvalue weighted by Crippen LogP contribution is -2.10. The van der Waals surface area contributed by atoms with Gasteiger partial charge in [0, 0.05) is 11.6 Å². The molecular weight excluding hydrogens is 476 g/mol. The van der Waals surface area contributed by atoms with E-state index in [1.54, 1.807) is 48.6 Å². The van der Waals surface area contributed by atoms with Crippen LogP contribution in [0.5, 0.6) is 34.5 Å². The number of nitrogens with two attached hydrogens (primary N) is 1. The number of phenols is 1. The Labute approximate surface area is 215 Å². The monoisotopic (exact) mass is 506 g/mol. The van der Waals surface area contributed by atoms with Crippen molar-refractivity contribution >= 4 is 35.5 Å². The van der Waals surface area contributed by atoms with Gasteiger partial charge in [0.05, 0.1) is 46.9 Å². The molecule has 0 unspecified atom stereocenters. The normalized spacial score (nSPS) is 10.9. The molecule has 0 bridgehead atoms. The molecule has 0 saturated heterocycles. The lowest BCUT2D eigenvalue weighted by atomic mass is 10.1. The van der Waals surface area contributed by atoms with Crippen LogP contribution in [0, 0.1) is 0 Å². The van der Waals surface area contributed by atoms with Gasteiger partial charge in [0.15, 0.2) is 23.0 Å². The fourth-order valence-corrected chi connectivity index (χ4v) is 3.61. The highest BCUT2D eigenvalue weighted by Crippen LogP contribution is 2.40. The molecule has 194 valence electrons. The summed E-state index contributed by atoms with van der Waals surface area (Å²) in [5.41, 5.74) is 8.73. The molecule has 3 aromatic carbocycles. The number of aromatic hydroxyl groups is 1. The molecule has 0 aliphatic carbocycles. The van der Waals surface area contributed by atoms with Crippen molar-refractivity contribution in [2.24, 2.45) is 0 Å². The van der Waals surface area contributed by atoms with E-state index in [2.05, 4.69) is 5.32 Å². The lowest BCUT2D eigenvalue weighted by Gasteiger charge is -2.14. The van der Waals surface area contributed by atoms with Crippen LogP contribution >= 0.6 is 0 Å². The predicted molar refractivity (Wildman–Crippen MR) is 145 cm³/mol. The van der Waals surface area contributed by atoms with E-state index < -0.39 is 5.91 Å². The van der Waals surface area contributed by atoms with Crippen molar-refractivity contribution in [1.82, 2.24) is 0 Å². The summed E-state index contributed by atoms with van der Waals surface area (Å²) in [6.45, 7) is 0. The highest BCUT2D eigenvalue weighted by Gasteiger charge is 2.16. The van der Waals surface area contributed by atoms with Crippen molar-refractivity contribution in [3.8, 4) is 34.5 Å². The third kappa shape index (κ3) is 6.26. The molecule has 0 aromatic heterocycles. The van der Waals surface area contributed by atoms with Crippen LogP contribution in [0.15, 0.2) is 48.5 Å². The smallest absolute Gasteiger partial charge is 0.248 e. The highest BCUT2D eigenvalue weighted by atomic mass is 16.5. The Hall–Kier alpha value is -4.79. The van der Waals surface area contributed by atoms with Crippen molar-refractivity contribution in [2.75, 3.05) is 46.6 Å². The number of anilines is 2. The zero-order chi connectivity index (χ0) is 26.9. The number of ether oxygens (including phenoxy) is 5. The Morgan fingerprint density at radius 3 is 1.97 bits per heavy atom. The molecule has 0 fully saturated rings. The quantitative estimate of drug-likeness (QED) is 0.203. The number of nitrogens with one attached hydrogen (secondary N) is 1. The summed E-state index contributed by atoms with van der Waals surface area (Å²) < 4.78 is 26.8. The van der Waals surface area contributed by atoms with Gasteiger partial charge < -0.3 is 39.8 Å². The van der Waals surface area contributed by atoms with E-state index >= 15 is 0 Å². The van der Waals surface area contributed by atoms with Gasteiger partial charge in [0.2, 0.25) is 11.7 Å². The van der Waals surface area contributed by atoms with Crippen LogP contribution in [-0.2, 0) is 4.79 Å². The van der Waals surface area contributed by atoms with Crippen molar-refractivity contribution in [1.29, 1.82) is 0 Å². The maximum Gasteiger partial charge on any atom is 0.248 e. The van der Waals surface area contributed by atoms with Gasteiger partial charge in [-0.3, -0.25) is 4.79 Å². The van der Waals surface area contributed by atoms with Gasteiger partial charge in [-0.15, -0.1) is 0 Å². The molecule has 0 aliphatic rings. The molecule has 1 amide bonds. The van der Waals surface area contributed by atoms with E-state index in [9.17, 15) is 9.90 Å². The van der Waals surface area contributed by atoms with Gasteiger partial charge in [-0.25, -0.2) is 0 Å². The summed E-state index contributed by atoms with van der Waals surface area (Å²) in [6.07, 6.45) is 6.56. The Bertz CT molecular complexity index is 1310. The average Bonchev–Trinajstić information content (AvgIpc) is 2.91. The number of phenolic OH excluding ortho intramolecular Hbond substituents is 1. The first-order valence-corrected chi connectivity index (χ1v) is 11.2. The van der Waals surface area contributed by atoms with Gasteiger partial charge >= 0.3 is 0 Å². The largest absolute Gasteiger partial charge is 0.504 e. The Morgan fingerprint density at radius 1 is 0.757 bits per heavy atom. The van der Waals surface area contributed by atoms with Gasteiger partial charge in [-0.2, -0.15) is 0 Å². The van der Waals surface area contributed by atoms with E-state index in [1.165, 1.54) is 47.7 Å². The average molecular weight is 507 g/mol.